The van der Waals surface area contributed by atoms with Gasteiger partial charge in [-0.1, -0.05) is 19.1 Å². The lowest BCUT2D eigenvalue weighted by Crippen LogP contribution is -2.55. The van der Waals surface area contributed by atoms with Crippen molar-refractivity contribution in [2.45, 2.75) is 77.5 Å². The second kappa shape index (κ2) is 24.0. The number of halogens is 1. The van der Waals surface area contributed by atoms with E-state index in [9.17, 15) is 28.8 Å². The minimum atomic E-state index is -0.725. The van der Waals surface area contributed by atoms with E-state index >= 15 is 0 Å². The van der Waals surface area contributed by atoms with E-state index in [-0.39, 0.29) is 79.8 Å². The number of nitrogens with one attached hydrogen (secondary N) is 4. The molecule has 352 valence electrons. The van der Waals surface area contributed by atoms with E-state index in [4.69, 9.17) is 23.9 Å². The molecule has 2 aromatic carbocycles. The number of hydrogen-bond acceptors (Lipinski definition) is 14. The molecule has 1 saturated heterocycles. The molecule has 0 spiro atoms. The van der Waals surface area contributed by atoms with Crippen LogP contribution in [0.2, 0.25) is 0 Å². The maximum Gasteiger partial charge on any atom is 0.255 e. The Balaban J connectivity index is 0.00000793. The van der Waals surface area contributed by atoms with Gasteiger partial charge in [0, 0.05) is 86.5 Å². The van der Waals surface area contributed by atoms with E-state index in [0.717, 1.165) is 11.4 Å². The first kappa shape index (κ1) is 50.3. The Morgan fingerprint density at radius 1 is 0.954 bits per heavy atom. The summed E-state index contributed by atoms with van der Waals surface area (Å²) in [6.07, 6.45) is 3.38. The fourth-order valence-electron chi connectivity index (χ4n) is 7.97. The molecule has 0 aliphatic carbocycles. The molecular weight excluding hydrogens is 862 g/mol. The van der Waals surface area contributed by atoms with Crippen molar-refractivity contribution in [1.82, 2.24) is 30.8 Å². The van der Waals surface area contributed by atoms with Crippen molar-refractivity contribution >= 4 is 65.0 Å². The summed E-state index contributed by atoms with van der Waals surface area (Å²) in [5.74, 6) is 0.272. The van der Waals surface area contributed by atoms with Crippen LogP contribution < -0.4 is 35.8 Å². The minimum absolute atomic E-state index is 0. The molecule has 3 aromatic rings. The number of amides is 6. The molecule has 1 unspecified atom stereocenters. The fraction of sp³-hybridized carbons (Fsp3) is 0.511. The number of piperidine rings is 1. The van der Waals surface area contributed by atoms with Crippen molar-refractivity contribution in [3.63, 3.8) is 0 Å². The number of fused-ring (bicyclic) bond motifs is 2. The van der Waals surface area contributed by atoms with Crippen LogP contribution in [0.1, 0.15) is 84.1 Å². The van der Waals surface area contributed by atoms with Crippen molar-refractivity contribution in [2.75, 3.05) is 88.5 Å². The van der Waals surface area contributed by atoms with Crippen molar-refractivity contribution in [1.29, 1.82) is 0 Å². The fourth-order valence-corrected chi connectivity index (χ4v) is 7.97. The first-order chi connectivity index (χ1) is 30.9. The number of hydrogen-bond donors (Lipinski definition) is 4. The highest BCUT2D eigenvalue weighted by molar-refractivity contribution is 6.07. The van der Waals surface area contributed by atoms with Gasteiger partial charge in [0.05, 0.1) is 52.9 Å². The molecule has 0 radical (unpaired) electrons. The van der Waals surface area contributed by atoms with E-state index in [1.807, 2.05) is 26.8 Å². The number of nitrogens with zero attached hydrogens (tertiary/aromatic N) is 5. The molecule has 19 nitrogen and oxygen atoms in total. The number of likely N-dealkylation sites (N-methyl/N-ethyl adjacent to an activating group) is 1. The van der Waals surface area contributed by atoms with Gasteiger partial charge in [-0.05, 0) is 51.0 Å². The molecular formula is C45H60ClN9O10. The van der Waals surface area contributed by atoms with Crippen molar-refractivity contribution in [3.8, 4) is 5.75 Å². The quantitative estimate of drug-likeness (QED) is 0.0794. The third-order valence-corrected chi connectivity index (χ3v) is 11.3. The van der Waals surface area contributed by atoms with Gasteiger partial charge in [-0.25, -0.2) is 9.97 Å². The molecule has 1 fully saturated rings. The van der Waals surface area contributed by atoms with Crippen LogP contribution in [-0.2, 0) is 46.4 Å². The zero-order valence-corrected chi connectivity index (χ0v) is 38.4. The lowest BCUT2D eigenvalue weighted by Gasteiger charge is -2.42. The number of imide groups is 1. The molecule has 4 heterocycles. The predicted molar refractivity (Wildman–Crippen MR) is 244 cm³/mol. The molecule has 4 N–H and O–H groups in total. The van der Waals surface area contributed by atoms with Crippen LogP contribution in [-0.4, -0.2) is 142 Å². The molecule has 1 aromatic heterocycles. The third kappa shape index (κ3) is 12.5. The lowest BCUT2D eigenvalue weighted by molar-refractivity contribution is -0.137. The summed E-state index contributed by atoms with van der Waals surface area (Å²) in [5, 5.41) is 11.2. The van der Waals surface area contributed by atoms with Gasteiger partial charge < -0.3 is 49.6 Å². The van der Waals surface area contributed by atoms with Crippen LogP contribution >= 0.6 is 12.4 Å². The summed E-state index contributed by atoms with van der Waals surface area (Å²) in [5.41, 5.74) is 3.56. The van der Waals surface area contributed by atoms with Gasteiger partial charge in [0.15, 0.2) is 5.82 Å². The molecule has 65 heavy (non-hydrogen) atoms. The first-order valence-electron chi connectivity index (χ1n) is 21.8. The Hall–Kier alpha value is -5.73. The standard InChI is InChI=1S/C45H59N9O10.ClH/c1-6-34-45(60)52(4)36-26-48-38(50-41(36)54(34)28(2)3)25-29-10-11-30(24-37(29)61-5)42(57)47-17-19-63-21-23-64-22-20-62-18-16-46-15-14-40(56)49-33-9-7-8-31-32(33)27-53(44(31)59)35-12-13-39(55)51-43(35)58;/h7-11,24,26,28,34-35,46H,6,12-23,25,27H2,1-5H3,(H,47,57)(H,49,56)(H,51,55,58);1H/t34-,35?;/m1./s1. The molecule has 0 saturated carbocycles. The van der Waals surface area contributed by atoms with Crippen molar-refractivity contribution in [3.05, 3.63) is 70.7 Å². The molecule has 20 heteroatoms. The van der Waals surface area contributed by atoms with Crippen LogP contribution in [0.3, 0.4) is 0 Å². The van der Waals surface area contributed by atoms with Crippen molar-refractivity contribution < 1.29 is 47.7 Å². The summed E-state index contributed by atoms with van der Waals surface area (Å²) < 4.78 is 22.4. The average molecular weight is 922 g/mol. The zero-order valence-electron chi connectivity index (χ0n) is 37.6. The normalized spacial score (nSPS) is 16.9. The number of methoxy groups -OCH3 is 1. The van der Waals surface area contributed by atoms with Crippen LogP contribution in [0.25, 0.3) is 0 Å². The van der Waals surface area contributed by atoms with Crippen LogP contribution in [0, 0.1) is 0 Å². The van der Waals surface area contributed by atoms with Crippen molar-refractivity contribution in [2.24, 2.45) is 0 Å². The Bertz CT molecular complexity index is 2190. The zero-order chi connectivity index (χ0) is 45.8. The Morgan fingerprint density at radius 3 is 2.37 bits per heavy atom. The third-order valence-electron chi connectivity index (χ3n) is 11.3. The maximum atomic E-state index is 13.0. The number of carbonyl (C=O) groups excluding carboxylic acids is 6. The summed E-state index contributed by atoms with van der Waals surface area (Å²) in [7, 11) is 3.31. The maximum absolute atomic E-state index is 13.0. The first-order valence-corrected chi connectivity index (χ1v) is 21.8. The van der Waals surface area contributed by atoms with Gasteiger partial charge in [0.2, 0.25) is 23.6 Å². The van der Waals surface area contributed by atoms with E-state index in [0.29, 0.717) is 112 Å². The summed E-state index contributed by atoms with van der Waals surface area (Å²) in [6, 6.07) is 9.41. The Kier molecular flexibility index (Phi) is 18.5. The van der Waals surface area contributed by atoms with E-state index < -0.39 is 11.9 Å². The number of aromatic nitrogens is 2. The summed E-state index contributed by atoms with van der Waals surface area (Å²) >= 11 is 0. The van der Waals surface area contributed by atoms with Crippen LogP contribution in [0.5, 0.6) is 5.75 Å². The second-order valence-corrected chi connectivity index (χ2v) is 15.9. The molecule has 3 aliphatic heterocycles. The highest BCUT2D eigenvalue weighted by atomic mass is 35.5. The monoisotopic (exact) mass is 921 g/mol. The number of anilines is 3. The molecule has 6 rings (SSSR count). The number of rotatable bonds is 23. The number of carbonyl (C=O) groups is 6. The molecule has 3 aliphatic rings. The topological polar surface area (TPSA) is 223 Å². The van der Waals surface area contributed by atoms with Crippen LogP contribution in [0.15, 0.2) is 42.6 Å². The van der Waals surface area contributed by atoms with E-state index in [1.54, 1.807) is 55.6 Å². The SMILES string of the molecule is CC[C@@H]1C(=O)N(C)c2cnc(Cc3ccc(C(=O)NCCOCCOCCOCCNCCC(=O)Nc4cccc5c4CN(C4CCC(=O)NC4=O)C5=O)cc3OC)nc2N1C(C)C.Cl. The second-order valence-electron chi connectivity index (χ2n) is 15.9. The minimum Gasteiger partial charge on any atom is -0.496 e. The van der Waals surface area contributed by atoms with Crippen LogP contribution in [0.4, 0.5) is 17.2 Å². The van der Waals surface area contributed by atoms with Gasteiger partial charge >= 0.3 is 0 Å². The molecule has 6 amide bonds. The summed E-state index contributed by atoms with van der Waals surface area (Å²) in [4.78, 5) is 90.2. The largest absolute Gasteiger partial charge is 0.496 e. The van der Waals surface area contributed by atoms with Gasteiger partial charge in [0.1, 0.15) is 29.3 Å². The lowest BCUT2D eigenvalue weighted by atomic mass is 10.0. The molecule has 2 atom stereocenters. The Labute approximate surface area is 385 Å². The molecule has 0 bridgehead atoms. The number of benzene rings is 2. The number of ether oxygens (including phenoxy) is 4. The summed E-state index contributed by atoms with van der Waals surface area (Å²) in [6.45, 7) is 9.79. The van der Waals surface area contributed by atoms with Gasteiger partial charge in [-0.15, -0.1) is 12.4 Å². The van der Waals surface area contributed by atoms with Gasteiger partial charge in [-0.2, -0.15) is 0 Å². The Morgan fingerprint density at radius 2 is 1.68 bits per heavy atom. The smallest absolute Gasteiger partial charge is 0.255 e. The highest BCUT2D eigenvalue weighted by Crippen LogP contribution is 2.36. The van der Waals surface area contributed by atoms with Gasteiger partial charge in [0.25, 0.3) is 11.8 Å². The highest BCUT2D eigenvalue weighted by Gasteiger charge is 2.40. The predicted octanol–water partition coefficient (Wildman–Crippen LogP) is 2.63. The van der Waals surface area contributed by atoms with E-state index in [2.05, 4.69) is 31.2 Å². The van der Waals surface area contributed by atoms with Gasteiger partial charge in [-0.3, -0.25) is 34.1 Å². The van der Waals surface area contributed by atoms with E-state index in [1.165, 1.54) is 4.90 Å². The average Bonchev–Trinajstić information content (AvgIpc) is 3.62.